The van der Waals surface area contributed by atoms with Crippen molar-refractivity contribution in [2.45, 2.75) is 13.5 Å². The molecule has 0 aliphatic carbocycles. The summed E-state index contributed by atoms with van der Waals surface area (Å²) in [6.07, 6.45) is 3.53. The van der Waals surface area contributed by atoms with Crippen LogP contribution in [0.1, 0.15) is 16.8 Å². The Balaban J connectivity index is 2.18. The smallest absolute Gasteiger partial charge is 0.142 e. The van der Waals surface area contributed by atoms with Gasteiger partial charge in [0.05, 0.1) is 5.69 Å². The zero-order chi connectivity index (χ0) is 12.3. The first-order valence-corrected chi connectivity index (χ1v) is 5.29. The topological polar surface area (TPSA) is 66.5 Å². The average Bonchev–Trinajstić information content (AvgIpc) is 2.62. The van der Waals surface area contributed by atoms with Gasteiger partial charge >= 0.3 is 0 Å². The summed E-state index contributed by atoms with van der Waals surface area (Å²) in [4.78, 5) is 4.04. The standard InChI is InChI=1S/C12H13N5/c1-9-11(6-13)12(17(2)16-9)15-8-10-4-3-5-14-7-10/h3-5,7,15H,8H2,1-2H3. The van der Waals surface area contributed by atoms with Gasteiger partial charge in [-0.2, -0.15) is 10.4 Å². The molecule has 0 fully saturated rings. The lowest BCUT2D eigenvalue weighted by molar-refractivity contribution is 0.758. The second-order valence-corrected chi connectivity index (χ2v) is 3.76. The Labute approximate surface area is 99.7 Å². The molecule has 5 heteroatoms. The largest absolute Gasteiger partial charge is 0.365 e. The van der Waals surface area contributed by atoms with Gasteiger partial charge in [-0.05, 0) is 18.6 Å². The van der Waals surface area contributed by atoms with E-state index in [1.165, 1.54) is 0 Å². The highest BCUT2D eigenvalue weighted by Gasteiger charge is 2.11. The van der Waals surface area contributed by atoms with E-state index < -0.39 is 0 Å². The van der Waals surface area contributed by atoms with Gasteiger partial charge in [-0.3, -0.25) is 9.67 Å². The minimum Gasteiger partial charge on any atom is -0.365 e. The molecule has 5 nitrogen and oxygen atoms in total. The van der Waals surface area contributed by atoms with Crippen molar-refractivity contribution < 1.29 is 0 Å². The fourth-order valence-corrected chi connectivity index (χ4v) is 1.68. The van der Waals surface area contributed by atoms with Crippen LogP contribution in [0, 0.1) is 18.3 Å². The van der Waals surface area contributed by atoms with Crippen LogP contribution in [0.15, 0.2) is 24.5 Å². The summed E-state index contributed by atoms with van der Waals surface area (Å²) >= 11 is 0. The van der Waals surface area contributed by atoms with Crippen LogP contribution in [-0.2, 0) is 13.6 Å². The molecule has 0 aromatic carbocycles. The lowest BCUT2D eigenvalue weighted by Gasteiger charge is -2.06. The van der Waals surface area contributed by atoms with Crippen molar-refractivity contribution in [1.82, 2.24) is 14.8 Å². The quantitative estimate of drug-likeness (QED) is 0.865. The molecule has 0 radical (unpaired) electrons. The molecule has 2 heterocycles. The highest BCUT2D eigenvalue weighted by atomic mass is 15.3. The van der Waals surface area contributed by atoms with Crippen LogP contribution >= 0.6 is 0 Å². The van der Waals surface area contributed by atoms with E-state index in [-0.39, 0.29) is 0 Å². The van der Waals surface area contributed by atoms with Crippen molar-refractivity contribution >= 4 is 5.82 Å². The van der Waals surface area contributed by atoms with Gasteiger partial charge in [-0.1, -0.05) is 6.07 Å². The number of pyridine rings is 1. The first kappa shape index (κ1) is 11.1. The summed E-state index contributed by atoms with van der Waals surface area (Å²) < 4.78 is 1.68. The molecule has 0 aliphatic rings. The Kier molecular flexibility index (Phi) is 3.06. The maximum absolute atomic E-state index is 9.05. The van der Waals surface area contributed by atoms with Crippen LogP contribution in [0.3, 0.4) is 0 Å². The fourth-order valence-electron chi connectivity index (χ4n) is 1.68. The minimum atomic E-state index is 0.594. The molecule has 1 N–H and O–H groups in total. The molecule has 0 bridgehead atoms. The van der Waals surface area contributed by atoms with Crippen molar-refractivity contribution in [3.05, 3.63) is 41.3 Å². The Morgan fingerprint density at radius 3 is 3.00 bits per heavy atom. The highest BCUT2D eigenvalue weighted by Crippen LogP contribution is 2.17. The summed E-state index contributed by atoms with van der Waals surface area (Å²) in [5.74, 6) is 0.744. The van der Waals surface area contributed by atoms with Crippen LogP contribution in [-0.4, -0.2) is 14.8 Å². The van der Waals surface area contributed by atoms with E-state index in [1.807, 2.05) is 26.1 Å². The lowest BCUT2D eigenvalue weighted by atomic mass is 10.2. The van der Waals surface area contributed by atoms with E-state index in [0.717, 1.165) is 17.1 Å². The van der Waals surface area contributed by atoms with Crippen LogP contribution in [0.4, 0.5) is 5.82 Å². The third-order valence-electron chi connectivity index (χ3n) is 2.52. The van der Waals surface area contributed by atoms with Gasteiger partial charge in [0.15, 0.2) is 0 Å². The Hall–Kier alpha value is -2.35. The second-order valence-electron chi connectivity index (χ2n) is 3.76. The fraction of sp³-hybridized carbons (Fsp3) is 0.250. The molecule has 0 atom stereocenters. The van der Waals surface area contributed by atoms with E-state index in [4.69, 9.17) is 5.26 Å². The first-order valence-electron chi connectivity index (χ1n) is 5.29. The van der Waals surface area contributed by atoms with Gasteiger partial charge in [-0.25, -0.2) is 0 Å². The molecular formula is C12H13N5. The van der Waals surface area contributed by atoms with Crippen molar-refractivity contribution in [3.63, 3.8) is 0 Å². The van der Waals surface area contributed by atoms with E-state index in [2.05, 4.69) is 21.5 Å². The van der Waals surface area contributed by atoms with Gasteiger partial charge in [-0.15, -0.1) is 0 Å². The number of nitrogens with zero attached hydrogens (tertiary/aromatic N) is 4. The predicted molar refractivity (Wildman–Crippen MR) is 64.2 cm³/mol. The first-order chi connectivity index (χ1) is 8.22. The maximum atomic E-state index is 9.05. The van der Waals surface area contributed by atoms with Crippen LogP contribution in [0.25, 0.3) is 0 Å². The number of rotatable bonds is 3. The van der Waals surface area contributed by atoms with Gasteiger partial charge in [0, 0.05) is 26.0 Å². The number of anilines is 1. The number of hydrogen-bond acceptors (Lipinski definition) is 4. The molecule has 0 saturated carbocycles. The molecule has 0 saturated heterocycles. The van der Waals surface area contributed by atoms with Gasteiger partial charge < -0.3 is 5.32 Å². The maximum Gasteiger partial charge on any atom is 0.142 e. The van der Waals surface area contributed by atoms with Gasteiger partial charge in [0.25, 0.3) is 0 Å². The minimum absolute atomic E-state index is 0.594. The van der Waals surface area contributed by atoms with Crippen molar-refractivity contribution in [3.8, 4) is 6.07 Å². The molecule has 0 aliphatic heterocycles. The lowest BCUT2D eigenvalue weighted by Crippen LogP contribution is -2.05. The van der Waals surface area contributed by atoms with Crippen LogP contribution in [0.2, 0.25) is 0 Å². The molecule has 2 aromatic rings. The van der Waals surface area contributed by atoms with Gasteiger partial charge in [0.2, 0.25) is 0 Å². The summed E-state index contributed by atoms with van der Waals surface area (Å²) in [6, 6.07) is 6.03. The third kappa shape index (κ3) is 2.26. The number of hydrogen-bond donors (Lipinski definition) is 1. The second kappa shape index (κ2) is 4.66. The predicted octanol–water partition coefficient (Wildman–Crippen LogP) is 1.61. The summed E-state index contributed by atoms with van der Waals surface area (Å²) in [6.45, 7) is 2.45. The zero-order valence-corrected chi connectivity index (χ0v) is 9.81. The Morgan fingerprint density at radius 1 is 1.53 bits per heavy atom. The molecule has 86 valence electrons. The Bertz CT molecular complexity index is 550. The zero-order valence-electron chi connectivity index (χ0n) is 9.81. The van der Waals surface area contributed by atoms with Crippen molar-refractivity contribution in [2.75, 3.05) is 5.32 Å². The molecule has 0 amide bonds. The number of nitrogens with one attached hydrogen (secondary N) is 1. The van der Waals surface area contributed by atoms with Crippen molar-refractivity contribution in [2.24, 2.45) is 7.05 Å². The summed E-state index contributed by atoms with van der Waals surface area (Å²) in [7, 11) is 1.82. The van der Waals surface area contributed by atoms with Crippen molar-refractivity contribution in [1.29, 1.82) is 5.26 Å². The molecule has 0 unspecified atom stereocenters. The number of nitriles is 1. The average molecular weight is 227 g/mol. The van der Waals surface area contributed by atoms with Crippen LogP contribution < -0.4 is 5.32 Å². The molecular weight excluding hydrogens is 214 g/mol. The van der Waals surface area contributed by atoms with E-state index in [0.29, 0.717) is 12.1 Å². The molecule has 17 heavy (non-hydrogen) atoms. The molecule has 2 aromatic heterocycles. The van der Waals surface area contributed by atoms with Gasteiger partial charge in [0.1, 0.15) is 17.5 Å². The normalized spacial score (nSPS) is 9.94. The summed E-state index contributed by atoms with van der Waals surface area (Å²) in [5, 5.41) is 16.5. The van der Waals surface area contributed by atoms with E-state index in [1.54, 1.807) is 17.1 Å². The van der Waals surface area contributed by atoms with E-state index >= 15 is 0 Å². The monoisotopic (exact) mass is 227 g/mol. The number of aryl methyl sites for hydroxylation is 2. The molecule has 0 spiro atoms. The summed E-state index contributed by atoms with van der Waals surface area (Å²) in [5.41, 5.74) is 2.40. The third-order valence-corrected chi connectivity index (χ3v) is 2.52. The highest BCUT2D eigenvalue weighted by molar-refractivity contribution is 5.55. The molecule has 2 rings (SSSR count). The Morgan fingerprint density at radius 2 is 2.35 bits per heavy atom. The SMILES string of the molecule is Cc1nn(C)c(NCc2cccnc2)c1C#N. The number of aromatic nitrogens is 3. The van der Waals surface area contributed by atoms with E-state index in [9.17, 15) is 0 Å². The van der Waals surface area contributed by atoms with Crippen LogP contribution in [0.5, 0.6) is 0 Å².